The lowest BCUT2D eigenvalue weighted by molar-refractivity contribution is -0.137. The Hall–Kier alpha value is -4.62. The van der Waals surface area contributed by atoms with Crippen LogP contribution in [0, 0.1) is 0 Å². The average molecular weight is 603 g/mol. The number of aliphatic hydroxyl groups excluding tert-OH is 1. The predicted molar refractivity (Wildman–Crippen MR) is 148 cm³/mol. The molecule has 0 fully saturated rings. The van der Waals surface area contributed by atoms with Crippen molar-refractivity contribution in [1.29, 1.82) is 0 Å². The van der Waals surface area contributed by atoms with Crippen LogP contribution in [-0.4, -0.2) is 56.5 Å². The number of amides is 1. The first-order chi connectivity index (χ1) is 20.2. The third-order valence-electron chi connectivity index (χ3n) is 5.92. The molecule has 0 aliphatic carbocycles. The molecule has 0 saturated carbocycles. The van der Waals surface area contributed by atoms with Gasteiger partial charge in [0.05, 0.1) is 36.5 Å². The lowest BCUT2D eigenvalue weighted by Crippen LogP contribution is -2.21. The molecule has 42 heavy (non-hydrogen) atoms. The van der Waals surface area contributed by atoms with Crippen LogP contribution < -0.4 is 20.7 Å². The fraction of sp³-hybridized carbons (Fsp3) is 0.269. The molecule has 4 N–H and O–H groups in total. The van der Waals surface area contributed by atoms with Crippen LogP contribution in [0.2, 0.25) is 0 Å². The Bertz CT molecular complexity index is 1580. The number of methoxy groups -OCH3 is 1. The van der Waals surface area contributed by atoms with E-state index in [1.807, 2.05) is 0 Å². The average Bonchev–Trinajstić information content (AvgIpc) is 3.45. The number of aryl methyl sites for hydroxylation is 1. The molecule has 0 aliphatic rings. The zero-order valence-electron chi connectivity index (χ0n) is 22.4. The van der Waals surface area contributed by atoms with Crippen LogP contribution in [0.25, 0.3) is 11.3 Å². The molecule has 3 heterocycles. The number of aromatic nitrogens is 5. The van der Waals surface area contributed by atoms with Crippen molar-refractivity contribution in [3.05, 3.63) is 65.7 Å². The maximum Gasteiger partial charge on any atom is 0.421 e. The van der Waals surface area contributed by atoms with Gasteiger partial charge in [0, 0.05) is 38.2 Å². The number of benzene rings is 1. The Labute approximate surface area is 239 Å². The number of pyridine rings is 1. The van der Waals surface area contributed by atoms with Crippen LogP contribution in [0.15, 0.2) is 48.9 Å². The molecule has 12 nitrogen and oxygen atoms in total. The number of alkyl halides is 3. The van der Waals surface area contributed by atoms with Crippen LogP contribution in [0.4, 0.5) is 36.3 Å². The topological polar surface area (TPSA) is 156 Å². The van der Waals surface area contributed by atoms with Crippen molar-refractivity contribution in [3.8, 4) is 17.0 Å². The molecule has 1 aromatic carbocycles. The number of nitrogens with one attached hydrogen (secondary N) is 3. The second-order valence-electron chi connectivity index (χ2n) is 8.77. The molecule has 4 aromatic rings. The maximum atomic E-state index is 13.9. The molecule has 16 heteroatoms. The van der Waals surface area contributed by atoms with Gasteiger partial charge in [0.15, 0.2) is 14.2 Å². The molecule has 220 valence electrons. The predicted octanol–water partition coefficient (Wildman–Crippen LogP) is 4.78. The van der Waals surface area contributed by atoms with Gasteiger partial charge in [-0.05, 0) is 36.2 Å². The molecule has 0 radical (unpaired) electrons. The summed E-state index contributed by atoms with van der Waals surface area (Å²) in [4.78, 5) is 25.0. The number of hydrogen-bond acceptors (Lipinski definition) is 10. The first-order valence-electron chi connectivity index (χ1n) is 12.5. The molecule has 3 aromatic heterocycles. The number of anilines is 4. The van der Waals surface area contributed by atoms with E-state index in [-0.39, 0.29) is 38.6 Å². The number of nitrogens with zero attached hydrogens (tertiary/aromatic N) is 5. The van der Waals surface area contributed by atoms with Crippen molar-refractivity contribution in [3.63, 3.8) is 0 Å². The Kier molecular flexibility index (Phi) is 9.65. The minimum Gasteiger partial charge on any atom is -0.495 e. The summed E-state index contributed by atoms with van der Waals surface area (Å²) in [5.41, 5.74) is 0.660. The van der Waals surface area contributed by atoms with Crippen molar-refractivity contribution in [2.24, 2.45) is 0 Å². The van der Waals surface area contributed by atoms with Crippen molar-refractivity contribution < 1.29 is 32.4 Å². The molecule has 0 unspecified atom stereocenters. The van der Waals surface area contributed by atoms with Gasteiger partial charge < -0.3 is 25.8 Å². The van der Waals surface area contributed by atoms with Gasteiger partial charge in [-0.25, -0.2) is 9.97 Å². The summed E-state index contributed by atoms with van der Waals surface area (Å²) < 4.78 is 59.7. The largest absolute Gasteiger partial charge is 0.495 e. The van der Waals surface area contributed by atoms with E-state index in [0.717, 1.165) is 5.56 Å². The first-order valence-corrected chi connectivity index (χ1v) is 13.5. The van der Waals surface area contributed by atoms with E-state index in [0.29, 0.717) is 41.9 Å². The first kappa shape index (κ1) is 30.3. The van der Waals surface area contributed by atoms with Crippen molar-refractivity contribution in [1.82, 2.24) is 30.0 Å². The summed E-state index contributed by atoms with van der Waals surface area (Å²) in [5, 5.41) is 21.1. The zero-order chi connectivity index (χ0) is 30.3. The number of carbonyl (C=O) groups excluding carboxylic acids is 1. The Morgan fingerprint density at radius 3 is 2.60 bits per heavy atom. The van der Waals surface area contributed by atoms with Crippen molar-refractivity contribution in [2.75, 3.05) is 31.4 Å². The van der Waals surface area contributed by atoms with E-state index in [9.17, 15) is 22.5 Å². The number of hydrogen-bond donors (Lipinski definition) is 4. The quantitative estimate of drug-likeness (QED) is 0.166. The highest BCUT2D eigenvalue weighted by atomic mass is 31.1. The molecule has 0 aliphatic heterocycles. The molecule has 0 bridgehead atoms. The SMILES string of the molecule is CNC(=O)c1nc(-c2cnn(CCCO)c2)ccc1Nc1nc(Nc2ccc(CP=O)cc2OC)ncc1C(F)(F)F. The summed E-state index contributed by atoms with van der Waals surface area (Å²) in [6.07, 6.45) is -0.223. The van der Waals surface area contributed by atoms with Crippen LogP contribution in [0.3, 0.4) is 0 Å². The standard InChI is InChI=1S/C26H26F3N8O4P/c1-30-24(39)22-20(7-6-18(33-22)16-11-32-37(13-16)8-3-9-38)34-23-17(26(27,28)29)12-31-25(36-23)35-19-5-4-15(14-42-40)10-21(19)41-2/h4-7,10-13,38H,3,8-9,14H2,1-2H3,(H,30,39)(H2,31,34,35,36). The van der Waals surface area contributed by atoms with Gasteiger partial charge in [-0.2, -0.15) is 23.3 Å². The molecule has 0 saturated heterocycles. The van der Waals surface area contributed by atoms with Gasteiger partial charge in [-0.1, -0.05) is 6.07 Å². The summed E-state index contributed by atoms with van der Waals surface area (Å²) in [7, 11) is 2.71. The molecular formula is C26H26F3N8O4P. The summed E-state index contributed by atoms with van der Waals surface area (Å²) in [5.74, 6) is -1.09. The Morgan fingerprint density at radius 1 is 1.12 bits per heavy atom. The third kappa shape index (κ3) is 7.17. The van der Waals surface area contributed by atoms with Crippen molar-refractivity contribution >= 4 is 37.5 Å². The Morgan fingerprint density at radius 2 is 1.90 bits per heavy atom. The van der Waals surface area contributed by atoms with Crippen LogP contribution >= 0.6 is 8.46 Å². The molecule has 0 spiro atoms. The van der Waals surface area contributed by atoms with Gasteiger partial charge in [-0.15, -0.1) is 0 Å². The number of halogens is 3. The second kappa shape index (κ2) is 13.4. The van der Waals surface area contributed by atoms with Gasteiger partial charge in [0.25, 0.3) is 5.91 Å². The van der Waals surface area contributed by atoms with E-state index >= 15 is 0 Å². The number of rotatable bonds is 12. The van der Waals surface area contributed by atoms with E-state index in [1.165, 1.54) is 32.5 Å². The fourth-order valence-electron chi connectivity index (χ4n) is 3.87. The molecule has 1 amide bonds. The summed E-state index contributed by atoms with van der Waals surface area (Å²) in [6, 6.07) is 7.87. The van der Waals surface area contributed by atoms with E-state index in [4.69, 9.17) is 9.84 Å². The molecule has 4 rings (SSSR count). The minimum atomic E-state index is -4.82. The number of ether oxygens (including phenoxy) is 1. The highest BCUT2D eigenvalue weighted by molar-refractivity contribution is 7.22. The van der Waals surface area contributed by atoms with Gasteiger partial charge in [0.1, 0.15) is 17.1 Å². The Balaban J connectivity index is 1.70. The van der Waals surface area contributed by atoms with Gasteiger partial charge in [-0.3, -0.25) is 14.0 Å². The lowest BCUT2D eigenvalue weighted by atomic mass is 10.1. The lowest BCUT2D eigenvalue weighted by Gasteiger charge is -2.17. The smallest absolute Gasteiger partial charge is 0.421 e. The number of carbonyl (C=O) groups is 1. The monoisotopic (exact) mass is 602 g/mol. The van der Waals surface area contributed by atoms with E-state index < -0.39 is 23.5 Å². The summed E-state index contributed by atoms with van der Waals surface area (Å²) >= 11 is 0. The molecule has 0 atom stereocenters. The van der Waals surface area contributed by atoms with E-state index in [2.05, 4.69) is 36.0 Å². The van der Waals surface area contributed by atoms with Crippen molar-refractivity contribution in [2.45, 2.75) is 25.3 Å². The van der Waals surface area contributed by atoms with Crippen LogP contribution in [-0.2, 0) is 23.4 Å². The third-order valence-corrected chi connectivity index (χ3v) is 6.41. The van der Waals surface area contributed by atoms with Gasteiger partial charge >= 0.3 is 6.18 Å². The summed E-state index contributed by atoms with van der Waals surface area (Å²) in [6.45, 7) is 0.468. The highest BCUT2D eigenvalue weighted by Crippen LogP contribution is 2.37. The van der Waals surface area contributed by atoms with Crippen LogP contribution in [0.1, 0.15) is 28.0 Å². The molecular weight excluding hydrogens is 576 g/mol. The second-order valence-corrected chi connectivity index (χ2v) is 9.34. The number of aliphatic hydroxyl groups is 1. The highest BCUT2D eigenvalue weighted by Gasteiger charge is 2.36. The normalized spacial score (nSPS) is 11.4. The minimum absolute atomic E-state index is 0.00304. The zero-order valence-corrected chi connectivity index (χ0v) is 23.3. The maximum absolute atomic E-state index is 13.9. The van der Waals surface area contributed by atoms with E-state index in [1.54, 1.807) is 29.1 Å². The van der Waals surface area contributed by atoms with Crippen LogP contribution in [0.5, 0.6) is 5.75 Å². The van der Waals surface area contributed by atoms with Gasteiger partial charge in [0.2, 0.25) is 5.95 Å². The fourth-order valence-corrected chi connectivity index (χ4v) is 4.21.